The lowest BCUT2D eigenvalue weighted by molar-refractivity contribution is -0.134. The van der Waals surface area contributed by atoms with E-state index < -0.39 is 0 Å². The molecule has 0 aliphatic carbocycles. The fraction of sp³-hybridized carbons (Fsp3) is 0.632. The Bertz CT molecular complexity index is 484. The van der Waals surface area contributed by atoms with Gasteiger partial charge < -0.3 is 15.0 Å². The molecular weight excluding hydrogens is 288 g/mol. The quantitative estimate of drug-likeness (QED) is 0.749. The first-order chi connectivity index (χ1) is 11.2. The molecule has 23 heavy (non-hydrogen) atoms. The van der Waals surface area contributed by atoms with Gasteiger partial charge in [0.15, 0.2) is 0 Å². The molecule has 128 valence electrons. The maximum Gasteiger partial charge on any atom is 0.222 e. The number of piperidine rings is 1. The number of amides is 1. The summed E-state index contributed by atoms with van der Waals surface area (Å²) in [6.07, 6.45) is 4.53. The molecule has 2 rings (SSSR count). The average molecular weight is 318 g/mol. The monoisotopic (exact) mass is 318 g/mol. The van der Waals surface area contributed by atoms with E-state index in [9.17, 15) is 4.79 Å². The van der Waals surface area contributed by atoms with Gasteiger partial charge in [0.05, 0.1) is 6.61 Å². The summed E-state index contributed by atoms with van der Waals surface area (Å²) in [5, 5.41) is 3.37. The van der Waals surface area contributed by atoms with Crippen LogP contribution < -0.4 is 10.1 Å². The predicted octanol–water partition coefficient (Wildman–Crippen LogP) is 3.14. The number of carbonyl (C=O) groups excluding carboxylic acids is 1. The molecule has 0 aromatic heterocycles. The molecule has 4 heteroatoms. The number of ether oxygens (including phenoxy) is 1. The summed E-state index contributed by atoms with van der Waals surface area (Å²) in [5.74, 6) is 1.17. The van der Waals surface area contributed by atoms with E-state index in [4.69, 9.17) is 4.74 Å². The number of hydrogen-bond donors (Lipinski definition) is 1. The highest BCUT2D eigenvalue weighted by Gasteiger charge is 2.24. The third-order valence-corrected chi connectivity index (χ3v) is 4.33. The van der Waals surface area contributed by atoms with E-state index in [0.29, 0.717) is 19.1 Å². The van der Waals surface area contributed by atoms with Gasteiger partial charge >= 0.3 is 0 Å². The first-order valence-corrected chi connectivity index (χ1v) is 8.90. The third-order valence-electron chi connectivity index (χ3n) is 4.33. The van der Waals surface area contributed by atoms with Crippen LogP contribution >= 0.6 is 0 Å². The van der Waals surface area contributed by atoms with Crippen LogP contribution in [0.15, 0.2) is 24.3 Å². The second-order valence-corrected chi connectivity index (χ2v) is 6.34. The van der Waals surface area contributed by atoms with E-state index in [2.05, 4.69) is 30.1 Å². The van der Waals surface area contributed by atoms with E-state index in [-0.39, 0.29) is 5.91 Å². The van der Waals surface area contributed by atoms with Crippen molar-refractivity contribution in [3.63, 3.8) is 0 Å². The summed E-state index contributed by atoms with van der Waals surface area (Å²) >= 11 is 0. The first-order valence-electron chi connectivity index (χ1n) is 8.90. The highest BCUT2D eigenvalue weighted by atomic mass is 16.5. The van der Waals surface area contributed by atoms with Crippen LogP contribution in [0.5, 0.6) is 5.75 Å². The van der Waals surface area contributed by atoms with Crippen molar-refractivity contribution < 1.29 is 9.53 Å². The van der Waals surface area contributed by atoms with E-state index in [0.717, 1.165) is 51.1 Å². The fourth-order valence-corrected chi connectivity index (χ4v) is 3.13. The van der Waals surface area contributed by atoms with Gasteiger partial charge in [-0.25, -0.2) is 0 Å². The van der Waals surface area contributed by atoms with E-state index >= 15 is 0 Å². The molecule has 1 aliphatic rings. The average Bonchev–Trinajstić information content (AvgIpc) is 2.57. The molecule has 1 saturated heterocycles. The summed E-state index contributed by atoms with van der Waals surface area (Å²) in [7, 11) is 0. The van der Waals surface area contributed by atoms with E-state index in [1.807, 2.05) is 18.2 Å². The van der Waals surface area contributed by atoms with Crippen LogP contribution in [0.3, 0.4) is 0 Å². The number of nitrogens with one attached hydrogen (secondary N) is 1. The van der Waals surface area contributed by atoms with E-state index in [1.165, 1.54) is 5.56 Å². The van der Waals surface area contributed by atoms with Crippen molar-refractivity contribution in [2.75, 3.05) is 26.2 Å². The SMILES string of the molecule is CCCN(C(=O)CCCOc1cccc(C)c1)C1CCNCC1. The van der Waals surface area contributed by atoms with Crippen molar-refractivity contribution in [1.82, 2.24) is 10.2 Å². The molecule has 1 aromatic carbocycles. The van der Waals surface area contributed by atoms with Crippen molar-refractivity contribution in [3.8, 4) is 5.75 Å². The van der Waals surface area contributed by atoms with Gasteiger partial charge in [-0.2, -0.15) is 0 Å². The van der Waals surface area contributed by atoms with Crippen molar-refractivity contribution in [3.05, 3.63) is 29.8 Å². The zero-order valence-electron chi connectivity index (χ0n) is 14.5. The Morgan fingerprint density at radius 2 is 2.13 bits per heavy atom. The molecule has 1 N–H and O–H groups in total. The lowest BCUT2D eigenvalue weighted by Gasteiger charge is -2.34. The lowest BCUT2D eigenvalue weighted by Crippen LogP contribution is -2.46. The molecular formula is C19H30N2O2. The number of aryl methyl sites for hydroxylation is 1. The number of benzene rings is 1. The van der Waals surface area contributed by atoms with Gasteiger partial charge in [0.2, 0.25) is 5.91 Å². The molecule has 1 fully saturated rings. The van der Waals surface area contributed by atoms with Gasteiger partial charge in [0, 0.05) is 19.0 Å². The second kappa shape index (κ2) is 9.56. The van der Waals surface area contributed by atoms with Gasteiger partial charge in [-0.3, -0.25) is 4.79 Å². The third kappa shape index (κ3) is 5.87. The zero-order chi connectivity index (χ0) is 16.5. The molecule has 0 atom stereocenters. The molecule has 1 aromatic rings. The maximum atomic E-state index is 12.5. The lowest BCUT2D eigenvalue weighted by atomic mass is 10.0. The van der Waals surface area contributed by atoms with Crippen molar-refractivity contribution in [1.29, 1.82) is 0 Å². The molecule has 0 spiro atoms. The van der Waals surface area contributed by atoms with Gasteiger partial charge in [-0.05, 0) is 63.4 Å². The topological polar surface area (TPSA) is 41.6 Å². The van der Waals surface area contributed by atoms with Crippen molar-refractivity contribution in [2.45, 2.75) is 52.0 Å². The first kappa shape index (κ1) is 17.8. The molecule has 0 unspecified atom stereocenters. The normalized spacial score (nSPS) is 15.4. The van der Waals surface area contributed by atoms with Crippen molar-refractivity contribution in [2.24, 2.45) is 0 Å². The zero-order valence-corrected chi connectivity index (χ0v) is 14.5. The Kier molecular flexibility index (Phi) is 7.40. The Labute approximate surface area is 140 Å². The van der Waals surface area contributed by atoms with Crippen LogP contribution in [0.25, 0.3) is 0 Å². The van der Waals surface area contributed by atoms with Crippen LogP contribution in [-0.2, 0) is 4.79 Å². The largest absolute Gasteiger partial charge is 0.494 e. The second-order valence-electron chi connectivity index (χ2n) is 6.34. The number of nitrogens with zero attached hydrogens (tertiary/aromatic N) is 1. The minimum absolute atomic E-state index is 0.284. The molecule has 0 saturated carbocycles. The number of carbonyl (C=O) groups is 1. The minimum Gasteiger partial charge on any atom is -0.494 e. The molecule has 1 amide bonds. The highest BCUT2D eigenvalue weighted by molar-refractivity contribution is 5.76. The van der Waals surface area contributed by atoms with Gasteiger partial charge in [-0.15, -0.1) is 0 Å². The summed E-state index contributed by atoms with van der Waals surface area (Å²) in [6, 6.07) is 8.46. The molecule has 4 nitrogen and oxygen atoms in total. The Morgan fingerprint density at radius 3 is 2.83 bits per heavy atom. The smallest absolute Gasteiger partial charge is 0.222 e. The van der Waals surface area contributed by atoms with Crippen LogP contribution in [-0.4, -0.2) is 43.1 Å². The molecule has 0 bridgehead atoms. The summed E-state index contributed by atoms with van der Waals surface area (Å²) in [5.41, 5.74) is 1.19. The minimum atomic E-state index is 0.284. The van der Waals surface area contributed by atoms with Crippen LogP contribution in [0.1, 0.15) is 44.6 Å². The fourth-order valence-electron chi connectivity index (χ4n) is 3.13. The standard InChI is InChI=1S/C19H30N2O2/c1-3-13-21(17-9-11-20-12-10-17)19(22)8-5-14-23-18-7-4-6-16(2)15-18/h4,6-7,15,17,20H,3,5,8-14H2,1-2H3. The van der Waals surface area contributed by atoms with Crippen LogP contribution in [0.2, 0.25) is 0 Å². The summed E-state index contributed by atoms with van der Waals surface area (Å²) in [6.45, 7) is 7.72. The number of rotatable bonds is 8. The summed E-state index contributed by atoms with van der Waals surface area (Å²) < 4.78 is 5.74. The molecule has 1 heterocycles. The van der Waals surface area contributed by atoms with Gasteiger partial charge in [0.1, 0.15) is 5.75 Å². The predicted molar refractivity (Wildman–Crippen MR) is 93.8 cm³/mol. The van der Waals surface area contributed by atoms with Gasteiger partial charge in [-0.1, -0.05) is 19.1 Å². The van der Waals surface area contributed by atoms with Gasteiger partial charge in [0.25, 0.3) is 0 Å². The maximum absolute atomic E-state index is 12.5. The number of hydrogen-bond acceptors (Lipinski definition) is 3. The molecule has 0 radical (unpaired) electrons. The Morgan fingerprint density at radius 1 is 1.35 bits per heavy atom. The van der Waals surface area contributed by atoms with Crippen LogP contribution in [0, 0.1) is 6.92 Å². The molecule has 1 aliphatic heterocycles. The summed E-state index contributed by atoms with van der Waals surface area (Å²) in [4.78, 5) is 14.7. The highest BCUT2D eigenvalue weighted by Crippen LogP contribution is 2.16. The van der Waals surface area contributed by atoms with Crippen LogP contribution in [0.4, 0.5) is 0 Å². The van der Waals surface area contributed by atoms with E-state index in [1.54, 1.807) is 0 Å². The Hall–Kier alpha value is -1.55. The van der Waals surface area contributed by atoms with Crippen molar-refractivity contribution >= 4 is 5.91 Å². The Balaban J connectivity index is 1.75.